The van der Waals surface area contributed by atoms with Gasteiger partial charge in [-0.05, 0) is 48.7 Å². The van der Waals surface area contributed by atoms with Crippen molar-refractivity contribution in [2.24, 2.45) is 0 Å². The van der Waals surface area contributed by atoms with Crippen molar-refractivity contribution in [3.8, 4) is 0 Å². The second-order valence-electron chi connectivity index (χ2n) is 4.25. The van der Waals surface area contributed by atoms with E-state index in [-0.39, 0.29) is 5.82 Å². The summed E-state index contributed by atoms with van der Waals surface area (Å²) in [5, 5.41) is 9.90. The van der Waals surface area contributed by atoms with Gasteiger partial charge in [0.2, 0.25) is 0 Å². The summed E-state index contributed by atoms with van der Waals surface area (Å²) < 4.78 is 19.0. The minimum absolute atomic E-state index is 0.294. The maximum atomic E-state index is 13.2. The van der Waals surface area contributed by atoms with Gasteiger partial charge in [0.05, 0.1) is 12.4 Å². The first kappa shape index (κ1) is 13.3. The third kappa shape index (κ3) is 3.96. The topological polar surface area (TPSA) is 33.4 Å². The van der Waals surface area contributed by atoms with Crippen molar-refractivity contribution >= 4 is 15.9 Å². The van der Waals surface area contributed by atoms with E-state index in [2.05, 4.69) is 15.9 Å². The molecule has 2 aromatic rings. The van der Waals surface area contributed by atoms with Gasteiger partial charge in [0, 0.05) is 10.9 Å². The van der Waals surface area contributed by atoms with Gasteiger partial charge < -0.3 is 9.52 Å². The van der Waals surface area contributed by atoms with Crippen LogP contribution >= 0.6 is 15.9 Å². The lowest BCUT2D eigenvalue weighted by molar-refractivity contribution is 0.163. The van der Waals surface area contributed by atoms with E-state index < -0.39 is 6.10 Å². The maximum absolute atomic E-state index is 13.2. The highest BCUT2D eigenvalue weighted by molar-refractivity contribution is 9.10. The molecule has 0 saturated heterocycles. The van der Waals surface area contributed by atoms with Crippen LogP contribution < -0.4 is 0 Å². The zero-order valence-corrected chi connectivity index (χ0v) is 11.4. The number of benzene rings is 1. The first-order chi connectivity index (χ1) is 8.63. The van der Waals surface area contributed by atoms with E-state index in [0.717, 1.165) is 11.3 Å². The summed E-state index contributed by atoms with van der Waals surface area (Å²) in [5.41, 5.74) is 0.786. The number of halogens is 2. The van der Waals surface area contributed by atoms with Crippen molar-refractivity contribution in [1.82, 2.24) is 0 Å². The Hall–Kier alpha value is -1.13. The van der Waals surface area contributed by atoms with Gasteiger partial charge in [-0.2, -0.15) is 0 Å². The molecular formula is C14H14BrFO2. The molecule has 2 rings (SSSR count). The molecule has 0 radical (unpaired) electrons. The summed E-state index contributed by atoms with van der Waals surface area (Å²) in [7, 11) is 0. The van der Waals surface area contributed by atoms with Crippen molar-refractivity contribution in [3.05, 3.63) is 58.2 Å². The molecule has 1 atom stereocenters. The number of aryl methyl sites for hydroxylation is 1. The molecule has 1 aromatic carbocycles. The Morgan fingerprint density at radius 2 is 2.17 bits per heavy atom. The molecule has 0 aliphatic heterocycles. The van der Waals surface area contributed by atoms with Crippen molar-refractivity contribution in [2.45, 2.75) is 25.4 Å². The van der Waals surface area contributed by atoms with E-state index in [9.17, 15) is 9.50 Å². The van der Waals surface area contributed by atoms with Gasteiger partial charge in [-0.3, -0.25) is 0 Å². The highest BCUT2D eigenvalue weighted by Crippen LogP contribution is 2.17. The second-order valence-corrected chi connectivity index (χ2v) is 5.17. The standard InChI is InChI=1S/C14H14BrFO2/c15-11-6-10(7-12(16)9-11)8-13(17)3-4-14-2-1-5-18-14/h1-2,5-7,9,13,17H,3-4,8H2. The minimum atomic E-state index is -0.496. The van der Waals surface area contributed by atoms with Crippen LogP contribution in [0.4, 0.5) is 4.39 Å². The number of aliphatic hydroxyl groups excluding tert-OH is 1. The molecule has 1 aromatic heterocycles. The van der Waals surface area contributed by atoms with Crippen LogP contribution in [0.3, 0.4) is 0 Å². The van der Waals surface area contributed by atoms with E-state index in [4.69, 9.17) is 4.42 Å². The van der Waals surface area contributed by atoms with Gasteiger partial charge in [-0.25, -0.2) is 4.39 Å². The number of furan rings is 1. The summed E-state index contributed by atoms with van der Waals surface area (Å²) in [6, 6.07) is 8.37. The van der Waals surface area contributed by atoms with E-state index in [1.165, 1.54) is 12.1 Å². The lowest BCUT2D eigenvalue weighted by atomic mass is 10.0. The fourth-order valence-corrected chi connectivity index (χ4v) is 2.38. The fraction of sp³-hybridized carbons (Fsp3) is 0.286. The summed E-state index contributed by atoms with van der Waals surface area (Å²) in [4.78, 5) is 0. The Kier molecular flexibility index (Phi) is 4.55. The summed E-state index contributed by atoms with van der Waals surface area (Å²) in [6.07, 6.45) is 2.85. The van der Waals surface area contributed by atoms with Crippen molar-refractivity contribution in [1.29, 1.82) is 0 Å². The predicted molar refractivity (Wildman–Crippen MR) is 70.8 cm³/mol. The van der Waals surface area contributed by atoms with E-state index in [1.807, 2.05) is 18.2 Å². The minimum Gasteiger partial charge on any atom is -0.469 e. The summed E-state index contributed by atoms with van der Waals surface area (Å²) >= 11 is 3.24. The number of hydrogen-bond donors (Lipinski definition) is 1. The van der Waals surface area contributed by atoms with Crippen LogP contribution in [0, 0.1) is 5.82 Å². The first-order valence-corrected chi connectivity index (χ1v) is 6.58. The average molecular weight is 313 g/mol. The molecule has 0 spiro atoms. The van der Waals surface area contributed by atoms with Crippen LogP contribution in [-0.4, -0.2) is 11.2 Å². The molecule has 18 heavy (non-hydrogen) atoms. The van der Waals surface area contributed by atoms with E-state index in [0.29, 0.717) is 23.7 Å². The van der Waals surface area contributed by atoms with Crippen LogP contribution in [0.1, 0.15) is 17.7 Å². The van der Waals surface area contributed by atoms with Gasteiger partial charge in [0.25, 0.3) is 0 Å². The molecular weight excluding hydrogens is 299 g/mol. The largest absolute Gasteiger partial charge is 0.469 e. The molecule has 0 bridgehead atoms. The molecule has 0 fully saturated rings. The maximum Gasteiger partial charge on any atom is 0.124 e. The quantitative estimate of drug-likeness (QED) is 0.913. The number of aliphatic hydroxyl groups is 1. The molecule has 1 unspecified atom stereocenters. The second kappa shape index (κ2) is 6.16. The smallest absolute Gasteiger partial charge is 0.124 e. The number of hydrogen-bond acceptors (Lipinski definition) is 2. The third-order valence-corrected chi connectivity index (χ3v) is 3.16. The Morgan fingerprint density at radius 1 is 1.33 bits per heavy atom. The van der Waals surface area contributed by atoms with Gasteiger partial charge in [-0.15, -0.1) is 0 Å². The van der Waals surface area contributed by atoms with Crippen LogP contribution in [0.2, 0.25) is 0 Å². The zero-order chi connectivity index (χ0) is 13.0. The molecule has 4 heteroatoms. The average Bonchev–Trinajstić information content (AvgIpc) is 2.77. The highest BCUT2D eigenvalue weighted by atomic mass is 79.9. The van der Waals surface area contributed by atoms with Gasteiger partial charge in [0.1, 0.15) is 11.6 Å². The number of rotatable bonds is 5. The lowest BCUT2D eigenvalue weighted by Crippen LogP contribution is -2.11. The highest BCUT2D eigenvalue weighted by Gasteiger charge is 2.08. The van der Waals surface area contributed by atoms with Gasteiger partial charge in [-0.1, -0.05) is 15.9 Å². The molecule has 1 heterocycles. The predicted octanol–water partition coefficient (Wildman–Crippen LogP) is 3.72. The molecule has 96 valence electrons. The monoisotopic (exact) mass is 312 g/mol. The Balaban J connectivity index is 1.88. The molecule has 0 aliphatic rings. The van der Waals surface area contributed by atoms with E-state index in [1.54, 1.807) is 6.26 Å². The Morgan fingerprint density at radius 3 is 2.83 bits per heavy atom. The summed E-state index contributed by atoms with van der Waals surface area (Å²) in [5.74, 6) is 0.562. The van der Waals surface area contributed by atoms with Crippen LogP contribution in [0.15, 0.2) is 45.5 Å². The Bertz CT molecular complexity index is 476. The molecule has 0 amide bonds. The molecule has 2 nitrogen and oxygen atoms in total. The van der Waals surface area contributed by atoms with Crippen LogP contribution in [-0.2, 0) is 12.8 Å². The SMILES string of the molecule is OC(CCc1ccco1)Cc1cc(F)cc(Br)c1. The zero-order valence-electron chi connectivity index (χ0n) is 9.77. The third-order valence-electron chi connectivity index (χ3n) is 2.70. The first-order valence-electron chi connectivity index (χ1n) is 5.79. The fourth-order valence-electron chi connectivity index (χ4n) is 1.87. The van der Waals surface area contributed by atoms with Gasteiger partial charge >= 0.3 is 0 Å². The molecule has 1 N–H and O–H groups in total. The van der Waals surface area contributed by atoms with E-state index >= 15 is 0 Å². The van der Waals surface area contributed by atoms with Crippen LogP contribution in [0.25, 0.3) is 0 Å². The Labute approximate surface area is 114 Å². The van der Waals surface area contributed by atoms with Crippen molar-refractivity contribution in [3.63, 3.8) is 0 Å². The van der Waals surface area contributed by atoms with Gasteiger partial charge in [0.15, 0.2) is 0 Å². The van der Waals surface area contributed by atoms with Crippen molar-refractivity contribution < 1.29 is 13.9 Å². The molecule has 0 aliphatic carbocycles. The molecule has 0 saturated carbocycles. The summed E-state index contributed by atoms with van der Waals surface area (Å²) in [6.45, 7) is 0. The van der Waals surface area contributed by atoms with Crippen molar-refractivity contribution in [2.75, 3.05) is 0 Å². The van der Waals surface area contributed by atoms with Crippen LogP contribution in [0.5, 0.6) is 0 Å². The lowest BCUT2D eigenvalue weighted by Gasteiger charge is -2.10. The normalized spacial score (nSPS) is 12.6.